The number of rotatable bonds is 4. The van der Waals surface area contributed by atoms with Gasteiger partial charge >= 0.3 is 0 Å². The summed E-state index contributed by atoms with van der Waals surface area (Å²) >= 11 is 0. The van der Waals surface area contributed by atoms with Gasteiger partial charge in [0.05, 0.1) is 5.48 Å². The highest BCUT2D eigenvalue weighted by atomic mass is 31.0. The van der Waals surface area contributed by atoms with Gasteiger partial charge in [-0.25, -0.2) is 0 Å². The van der Waals surface area contributed by atoms with Crippen LogP contribution in [0.2, 0.25) is 0 Å². The first kappa shape index (κ1) is 14.1. The number of hydrogen-bond donors (Lipinski definition) is 1. The van der Waals surface area contributed by atoms with Gasteiger partial charge in [0.2, 0.25) is 0 Å². The molecule has 0 radical (unpaired) electrons. The third-order valence-corrected chi connectivity index (χ3v) is 3.61. The van der Waals surface area contributed by atoms with Crippen molar-refractivity contribution in [2.24, 2.45) is 5.41 Å². The van der Waals surface area contributed by atoms with E-state index in [4.69, 9.17) is 0 Å². The van der Waals surface area contributed by atoms with Crippen molar-refractivity contribution >= 4 is 26.2 Å². The van der Waals surface area contributed by atoms with Crippen LogP contribution < -0.4 is 0 Å². The Balaban J connectivity index is 2.93. The van der Waals surface area contributed by atoms with Crippen LogP contribution in [-0.4, -0.2) is 32.8 Å². The first-order valence-electron chi connectivity index (χ1n) is 5.42. The third-order valence-electron chi connectivity index (χ3n) is 2.93. The number of aliphatic hydroxyl groups excluding tert-OH is 1. The molecule has 0 aliphatic carbocycles. The van der Waals surface area contributed by atoms with Crippen molar-refractivity contribution in [3.63, 3.8) is 0 Å². The van der Waals surface area contributed by atoms with E-state index in [9.17, 15) is 14.7 Å². The molecule has 1 aliphatic rings. The number of amides is 2. The summed E-state index contributed by atoms with van der Waals surface area (Å²) < 4.78 is 0. The summed E-state index contributed by atoms with van der Waals surface area (Å²) in [5, 5.41) is 9.54. The Morgan fingerprint density at radius 1 is 1.24 bits per heavy atom. The monoisotopic (exact) mass is 255 g/mol. The fourth-order valence-corrected chi connectivity index (χ4v) is 2.33. The van der Waals surface area contributed by atoms with Gasteiger partial charge in [0.25, 0.3) is 11.8 Å². The van der Waals surface area contributed by atoms with E-state index >= 15 is 0 Å². The van der Waals surface area contributed by atoms with Crippen molar-refractivity contribution in [1.29, 1.82) is 0 Å². The van der Waals surface area contributed by atoms with Crippen LogP contribution in [0, 0.1) is 5.41 Å². The summed E-state index contributed by atoms with van der Waals surface area (Å²) in [7, 11) is 3.11. The van der Waals surface area contributed by atoms with E-state index in [1.807, 2.05) is 27.7 Å². The Hall–Kier alpha value is -0.990. The summed E-state index contributed by atoms with van der Waals surface area (Å²) in [5.74, 6) is -0.603. The molecule has 0 atom stereocenters. The van der Waals surface area contributed by atoms with E-state index in [-0.39, 0.29) is 17.3 Å². The second-order valence-corrected chi connectivity index (χ2v) is 6.04. The first-order chi connectivity index (χ1) is 7.58. The highest BCUT2D eigenvalue weighted by molar-refractivity contribution is 7.20. The minimum atomic E-state index is -0.651. The number of nitrogens with zero attached hydrogens (tertiary/aromatic N) is 1. The van der Waals surface area contributed by atoms with Gasteiger partial charge in [-0.15, -0.1) is 0 Å². The molecule has 1 heterocycles. The highest BCUT2D eigenvalue weighted by Crippen LogP contribution is 2.34. The largest absolute Gasteiger partial charge is 0.361 e. The molecule has 0 saturated carbocycles. The molecule has 0 saturated heterocycles. The SMILES string of the molecule is CC(C)(CC(C)(C)N1C(=O)C=CC1=O)C(O)=P. The van der Waals surface area contributed by atoms with Gasteiger partial charge in [0.1, 0.15) is 0 Å². The van der Waals surface area contributed by atoms with Crippen LogP contribution in [-0.2, 0) is 9.59 Å². The molecule has 1 rings (SSSR count). The molecular formula is C12H18NO3P. The van der Waals surface area contributed by atoms with Crippen molar-refractivity contribution in [1.82, 2.24) is 4.90 Å². The number of carbonyl (C=O) groups excluding carboxylic acids is 2. The summed E-state index contributed by atoms with van der Waals surface area (Å²) in [6.07, 6.45) is 3.01. The molecule has 0 aromatic heterocycles. The molecule has 0 unspecified atom stereocenters. The van der Waals surface area contributed by atoms with Gasteiger partial charge < -0.3 is 5.11 Å². The maximum Gasteiger partial charge on any atom is 0.254 e. The normalized spacial score (nSPS) is 16.9. The second-order valence-electron chi connectivity index (χ2n) is 5.57. The lowest BCUT2D eigenvalue weighted by Crippen LogP contribution is -2.50. The van der Waals surface area contributed by atoms with Gasteiger partial charge in [0.15, 0.2) is 0 Å². The fraction of sp³-hybridized carbons (Fsp3) is 0.583. The molecule has 0 spiro atoms. The zero-order chi connectivity index (χ0) is 13.4. The summed E-state index contributed by atoms with van der Waals surface area (Å²) in [6.45, 7) is 7.31. The summed E-state index contributed by atoms with van der Waals surface area (Å²) in [6, 6.07) is 0. The predicted molar refractivity (Wildman–Crippen MR) is 68.7 cm³/mol. The van der Waals surface area contributed by atoms with E-state index < -0.39 is 11.0 Å². The van der Waals surface area contributed by atoms with E-state index in [1.54, 1.807) is 0 Å². The van der Waals surface area contributed by atoms with Crippen molar-refractivity contribution in [3.8, 4) is 0 Å². The molecule has 0 aromatic rings. The van der Waals surface area contributed by atoms with Crippen molar-refractivity contribution in [2.45, 2.75) is 39.7 Å². The molecule has 2 amide bonds. The average molecular weight is 255 g/mol. The molecule has 94 valence electrons. The van der Waals surface area contributed by atoms with Crippen LogP contribution >= 0.6 is 8.86 Å². The Kier molecular flexibility index (Phi) is 3.60. The maximum absolute atomic E-state index is 11.6. The topological polar surface area (TPSA) is 57.6 Å². The quantitative estimate of drug-likeness (QED) is 0.615. The summed E-state index contributed by atoms with van der Waals surface area (Å²) in [4.78, 5) is 24.5. The Bertz CT molecular complexity index is 392. The van der Waals surface area contributed by atoms with E-state index in [0.29, 0.717) is 6.42 Å². The molecule has 1 aliphatic heterocycles. The van der Waals surface area contributed by atoms with Crippen LogP contribution in [0.1, 0.15) is 34.1 Å². The lowest BCUT2D eigenvalue weighted by atomic mass is 9.79. The Morgan fingerprint density at radius 3 is 2.00 bits per heavy atom. The zero-order valence-corrected chi connectivity index (χ0v) is 11.6. The third kappa shape index (κ3) is 2.82. The lowest BCUT2D eigenvalue weighted by Gasteiger charge is -2.39. The Labute approximate surface area is 104 Å². The van der Waals surface area contributed by atoms with Crippen molar-refractivity contribution in [2.75, 3.05) is 0 Å². The van der Waals surface area contributed by atoms with E-state index in [0.717, 1.165) is 0 Å². The molecule has 4 nitrogen and oxygen atoms in total. The van der Waals surface area contributed by atoms with Gasteiger partial charge in [0, 0.05) is 23.1 Å². The minimum absolute atomic E-state index is 0.109. The zero-order valence-electron chi connectivity index (χ0n) is 10.6. The van der Waals surface area contributed by atoms with Crippen LogP contribution in [0.15, 0.2) is 12.2 Å². The second kappa shape index (κ2) is 4.35. The highest BCUT2D eigenvalue weighted by Gasteiger charge is 2.41. The molecule has 17 heavy (non-hydrogen) atoms. The molecule has 1 N–H and O–H groups in total. The molecule has 0 fully saturated rings. The molecule has 0 aromatic carbocycles. The van der Waals surface area contributed by atoms with Crippen LogP contribution in [0.4, 0.5) is 0 Å². The van der Waals surface area contributed by atoms with Gasteiger partial charge in [-0.05, 0) is 20.3 Å². The number of imide groups is 1. The van der Waals surface area contributed by atoms with Crippen molar-refractivity contribution < 1.29 is 14.7 Å². The predicted octanol–water partition coefficient (Wildman–Crippen LogP) is 1.75. The average Bonchev–Trinajstić information content (AvgIpc) is 2.44. The minimum Gasteiger partial charge on any atom is -0.361 e. The standard InChI is InChI=1S/C12H18NO3P/c1-11(2,10(16)17)7-12(3,4)13-8(14)5-6-9(13)15/h5-6,16-17H,7H2,1-4H3. The Morgan fingerprint density at radius 2 is 1.65 bits per heavy atom. The number of hydrogen-bond acceptors (Lipinski definition) is 2. The van der Waals surface area contributed by atoms with Crippen LogP contribution in [0.3, 0.4) is 0 Å². The molecule has 5 heteroatoms. The van der Waals surface area contributed by atoms with E-state index in [2.05, 4.69) is 8.86 Å². The smallest absolute Gasteiger partial charge is 0.254 e. The fourth-order valence-electron chi connectivity index (χ4n) is 2.24. The molecular weight excluding hydrogens is 237 g/mol. The number of carbonyl (C=O) groups is 2. The lowest BCUT2D eigenvalue weighted by molar-refractivity contribution is -0.143. The first-order valence-corrected chi connectivity index (χ1v) is 5.92. The summed E-state index contributed by atoms with van der Waals surface area (Å²) in [5.41, 5.74) is -1.07. The number of aliphatic hydroxyl groups is 1. The van der Waals surface area contributed by atoms with Gasteiger partial charge in [-0.1, -0.05) is 22.7 Å². The van der Waals surface area contributed by atoms with Crippen LogP contribution in [0.25, 0.3) is 0 Å². The van der Waals surface area contributed by atoms with Gasteiger partial charge in [-0.2, -0.15) is 0 Å². The van der Waals surface area contributed by atoms with Crippen LogP contribution in [0.5, 0.6) is 0 Å². The molecule has 0 bridgehead atoms. The van der Waals surface area contributed by atoms with Gasteiger partial charge in [-0.3, -0.25) is 14.5 Å². The maximum atomic E-state index is 11.6. The van der Waals surface area contributed by atoms with Crippen molar-refractivity contribution in [3.05, 3.63) is 12.2 Å². The van der Waals surface area contributed by atoms with E-state index in [1.165, 1.54) is 17.1 Å².